The van der Waals surface area contributed by atoms with Crippen LogP contribution in [0.3, 0.4) is 0 Å². The topological polar surface area (TPSA) is 53.6 Å². The quantitative estimate of drug-likeness (QED) is 0.675. The van der Waals surface area contributed by atoms with Gasteiger partial charge in [-0.1, -0.05) is 31.9 Å². The van der Waals surface area contributed by atoms with Gasteiger partial charge in [0.15, 0.2) is 0 Å². The zero-order valence-corrected chi connectivity index (χ0v) is 17.5. The Morgan fingerprint density at radius 1 is 1.36 bits per heavy atom. The first kappa shape index (κ1) is 23.1. The Hall–Kier alpha value is -1.21. The molecule has 0 spiro atoms. The number of rotatable bonds is 7. The molecule has 2 fully saturated rings. The highest BCUT2D eigenvalue weighted by Gasteiger charge is 2.26. The van der Waals surface area contributed by atoms with Crippen molar-refractivity contribution in [1.29, 1.82) is 0 Å². The van der Waals surface area contributed by atoms with E-state index in [0.29, 0.717) is 31.7 Å². The van der Waals surface area contributed by atoms with Gasteiger partial charge < -0.3 is 15.4 Å². The molecule has 1 aliphatic carbocycles. The lowest BCUT2D eigenvalue weighted by atomic mass is 9.88. The fourth-order valence-electron chi connectivity index (χ4n) is 4.15. The second kappa shape index (κ2) is 11.7. The summed E-state index contributed by atoms with van der Waals surface area (Å²) in [4.78, 5) is 14.5. The maximum atomic E-state index is 13.6. The first-order valence-corrected chi connectivity index (χ1v) is 10.2. The third-order valence-electron chi connectivity index (χ3n) is 5.72. The largest absolute Gasteiger partial charge is 0.376 e. The molecule has 1 saturated carbocycles. The maximum Gasteiger partial charge on any atom is 0.234 e. The highest BCUT2D eigenvalue weighted by molar-refractivity contribution is 5.85. The summed E-state index contributed by atoms with van der Waals surface area (Å²) in [6.07, 6.45) is 5.24. The van der Waals surface area contributed by atoms with E-state index < -0.39 is 0 Å². The van der Waals surface area contributed by atoms with Crippen LogP contribution >= 0.6 is 12.4 Å². The monoisotopic (exact) mass is 413 g/mol. The number of hydrogen-bond donors (Lipinski definition) is 2. The summed E-state index contributed by atoms with van der Waals surface area (Å²) >= 11 is 0. The van der Waals surface area contributed by atoms with Crippen molar-refractivity contribution < 1.29 is 13.9 Å². The molecule has 158 valence electrons. The van der Waals surface area contributed by atoms with Crippen molar-refractivity contribution in [1.82, 2.24) is 15.5 Å². The third-order valence-corrected chi connectivity index (χ3v) is 5.72. The van der Waals surface area contributed by atoms with Gasteiger partial charge in [0.2, 0.25) is 5.91 Å². The van der Waals surface area contributed by atoms with E-state index in [1.165, 1.54) is 25.3 Å². The highest BCUT2D eigenvalue weighted by Crippen LogP contribution is 2.26. The molecular weight excluding hydrogens is 381 g/mol. The van der Waals surface area contributed by atoms with Crippen molar-refractivity contribution in [3.8, 4) is 0 Å². The fourth-order valence-corrected chi connectivity index (χ4v) is 4.15. The number of nitrogens with one attached hydrogen (secondary N) is 2. The molecule has 1 heterocycles. The molecule has 28 heavy (non-hydrogen) atoms. The fraction of sp³-hybridized carbons (Fsp3) is 0.667. The van der Waals surface area contributed by atoms with Gasteiger partial charge in [-0.15, -0.1) is 12.4 Å². The van der Waals surface area contributed by atoms with Crippen LogP contribution in [0.4, 0.5) is 4.39 Å². The van der Waals surface area contributed by atoms with Gasteiger partial charge in [0, 0.05) is 32.2 Å². The van der Waals surface area contributed by atoms with Crippen LogP contribution in [0.15, 0.2) is 24.3 Å². The predicted molar refractivity (Wildman–Crippen MR) is 111 cm³/mol. The minimum atomic E-state index is -0.239. The smallest absolute Gasteiger partial charge is 0.234 e. The van der Waals surface area contributed by atoms with Gasteiger partial charge in [-0.2, -0.15) is 0 Å². The van der Waals surface area contributed by atoms with Crippen LogP contribution in [0.2, 0.25) is 0 Å². The normalized spacial score (nSPS) is 25.7. The van der Waals surface area contributed by atoms with E-state index in [1.54, 1.807) is 12.1 Å². The number of benzene rings is 1. The minimum Gasteiger partial charge on any atom is -0.376 e. The molecule has 1 aromatic rings. The van der Waals surface area contributed by atoms with E-state index in [0.717, 1.165) is 31.6 Å². The lowest BCUT2D eigenvalue weighted by Gasteiger charge is -2.36. The number of carbonyl (C=O) groups excluding carboxylic acids is 1. The van der Waals surface area contributed by atoms with Crippen molar-refractivity contribution in [2.24, 2.45) is 5.92 Å². The van der Waals surface area contributed by atoms with Crippen LogP contribution in [0.5, 0.6) is 0 Å². The Kier molecular flexibility index (Phi) is 9.65. The van der Waals surface area contributed by atoms with Crippen LogP contribution in [0.25, 0.3) is 0 Å². The van der Waals surface area contributed by atoms with Gasteiger partial charge in [-0.05, 0) is 36.5 Å². The molecule has 3 atom stereocenters. The van der Waals surface area contributed by atoms with E-state index in [9.17, 15) is 9.18 Å². The van der Waals surface area contributed by atoms with Crippen LogP contribution < -0.4 is 10.6 Å². The second-order valence-electron chi connectivity index (χ2n) is 7.77. The van der Waals surface area contributed by atoms with Crippen LogP contribution in [0.1, 0.15) is 44.2 Å². The van der Waals surface area contributed by atoms with Gasteiger partial charge in [-0.25, -0.2) is 4.39 Å². The van der Waals surface area contributed by atoms with E-state index in [2.05, 4.69) is 22.5 Å². The van der Waals surface area contributed by atoms with E-state index in [-0.39, 0.29) is 30.2 Å². The molecule has 0 bridgehead atoms. The molecule has 7 heteroatoms. The molecule has 5 nitrogen and oxygen atoms in total. The summed E-state index contributed by atoms with van der Waals surface area (Å²) in [6.45, 7) is 6.00. The Balaban J connectivity index is 0.00000280. The Bertz CT molecular complexity index is 619. The number of carbonyl (C=O) groups is 1. The molecule has 0 radical (unpaired) electrons. The SMILES string of the molecule is CC1CCCCC1OCCNC(=O)CN1CCNCC1c1cccc(F)c1.Cl. The van der Waals surface area contributed by atoms with Crippen molar-refractivity contribution in [2.75, 3.05) is 39.3 Å². The molecule has 1 aromatic carbocycles. The van der Waals surface area contributed by atoms with Crippen LogP contribution in [-0.4, -0.2) is 56.2 Å². The van der Waals surface area contributed by atoms with E-state index in [1.807, 2.05) is 6.07 Å². The van der Waals surface area contributed by atoms with Crippen molar-refractivity contribution in [3.63, 3.8) is 0 Å². The molecule has 2 aliphatic rings. The average molecular weight is 414 g/mol. The van der Waals surface area contributed by atoms with Crippen LogP contribution in [-0.2, 0) is 9.53 Å². The van der Waals surface area contributed by atoms with Gasteiger partial charge in [0.05, 0.1) is 19.3 Å². The van der Waals surface area contributed by atoms with Crippen molar-refractivity contribution >= 4 is 18.3 Å². The Morgan fingerprint density at radius 3 is 2.96 bits per heavy atom. The summed E-state index contributed by atoms with van der Waals surface area (Å²) in [5, 5.41) is 6.30. The number of amides is 1. The number of piperazine rings is 1. The molecule has 1 aliphatic heterocycles. The summed E-state index contributed by atoms with van der Waals surface area (Å²) < 4.78 is 19.5. The summed E-state index contributed by atoms with van der Waals surface area (Å²) in [7, 11) is 0. The summed E-state index contributed by atoms with van der Waals surface area (Å²) in [6, 6.07) is 6.66. The minimum absolute atomic E-state index is 0. The predicted octanol–water partition coefficient (Wildman–Crippen LogP) is 2.91. The van der Waals surface area contributed by atoms with Crippen molar-refractivity contribution in [2.45, 2.75) is 44.8 Å². The first-order valence-electron chi connectivity index (χ1n) is 10.2. The molecule has 1 amide bonds. The van der Waals surface area contributed by atoms with Gasteiger partial charge >= 0.3 is 0 Å². The molecular formula is C21H33ClFN3O2. The summed E-state index contributed by atoms with van der Waals surface area (Å²) in [5.41, 5.74) is 0.907. The standard InChI is InChI=1S/C21H32FN3O2.ClH/c1-16-5-2-3-8-20(16)27-12-10-24-21(26)15-25-11-9-23-14-19(25)17-6-4-7-18(22)13-17;/h4,6-7,13,16,19-20,23H,2-3,5,8-12,14-15H2,1H3,(H,24,26);1H. The van der Waals surface area contributed by atoms with Crippen molar-refractivity contribution in [3.05, 3.63) is 35.6 Å². The lowest BCUT2D eigenvalue weighted by molar-refractivity contribution is -0.123. The number of hydrogen-bond acceptors (Lipinski definition) is 4. The number of halogens is 2. The summed E-state index contributed by atoms with van der Waals surface area (Å²) in [5.74, 6) is 0.373. The zero-order valence-electron chi connectivity index (χ0n) is 16.7. The first-order chi connectivity index (χ1) is 13.1. The Morgan fingerprint density at radius 2 is 2.18 bits per heavy atom. The molecule has 0 aromatic heterocycles. The van der Waals surface area contributed by atoms with E-state index in [4.69, 9.17) is 4.74 Å². The average Bonchev–Trinajstić information content (AvgIpc) is 2.67. The van der Waals surface area contributed by atoms with Gasteiger partial charge in [-0.3, -0.25) is 9.69 Å². The lowest BCUT2D eigenvalue weighted by Crippen LogP contribution is -2.49. The van der Waals surface area contributed by atoms with Crippen LogP contribution in [0, 0.1) is 11.7 Å². The number of ether oxygens (including phenoxy) is 1. The van der Waals surface area contributed by atoms with Gasteiger partial charge in [0.25, 0.3) is 0 Å². The third kappa shape index (κ3) is 6.69. The zero-order chi connectivity index (χ0) is 19.1. The van der Waals surface area contributed by atoms with E-state index >= 15 is 0 Å². The second-order valence-corrected chi connectivity index (χ2v) is 7.77. The maximum absolute atomic E-state index is 13.6. The number of nitrogens with zero attached hydrogens (tertiary/aromatic N) is 1. The Labute approximate surface area is 173 Å². The molecule has 2 N–H and O–H groups in total. The molecule has 3 rings (SSSR count). The highest BCUT2D eigenvalue weighted by atomic mass is 35.5. The molecule has 1 saturated heterocycles. The molecule has 3 unspecified atom stereocenters. The van der Waals surface area contributed by atoms with Gasteiger partial charge in [0.1, 0.15) is 5.82 Å².